The summed E-state index contributed by atoms with van der Waals surface area (Å²) in [5.41, 5.74) is 2.48. The van der Waals surface area contributed by atoms with E-state index < -0.39 is 5.97 Å². The van der Waals surface area contributed by atoms with Gasteiger partial charge >= 0.3 is 5.97 Å². The van der Waals surface area contributed by atoms with Gasteiger partial charge in [-0.2, -0.15) is 0 Å². The lowest BCUT2D eigenvalue weighted by Crippen LogP contribution is -2.34. The van der Waals surface area contributed by atoms with Crippen molar-refractivity contribution >= 4 is 5.97 Å². The van der Waals surface area contributed by atoms with Crippen LogP contribution in [0.1, 0.15) is 43.7 Å². The molecule has 118 valence electrons. The van der Waals surface area contributed by atoms with Gasteiger partial charge < -0.3 is 15.2 Å². The largest absolute Gasteiger partial charge is 0.481 e. The molecule has 0 aromatic heterocycles. The van der Waals surface area contributed by atoms with Crippen LogP contribution in [0.2, 0.25) is 0 Å². The van der Waals surface area contributed by atoms with Crippen LogP contribution in [-0.2, 0) is 16.0 Å². The van der Waals surface area contributed by atoms with Gasteiger partial charge in [0.2, 0.25) is 0 Å². The molecular formula is C17H27NO3. The van der Waals surface area contributed by atoms with E-state index in [2.05, 4.69) is 43.4 Å². The van der Waals surface area contributed by atoms with Crippen molar-refractivity contribution in [1.29, 1.82) is 0 Å². The van der Waals surface area contributed by atoms with Crippen LogP contribution in [0.3, 0.4) is 0 Å². The number of aliphatic carboxylic acids is 1. The van der Waals surface area contributed by atoms with Crippen molar-refractivity contribution in [3.8, 4) is 0 Å². The number of ether oxygens (including phenoxy) is 1. The van der Waals surface area contributed by atoms with E-state index in [0.717, 1.165) is 19.4 Å². The SMILES string of the molecule is COCCCNC(CC(=O)O)Cc1ccc(C(C)C)cc1. The second kappa shape index (κ2) is 9.53. The molecule has 1 unspecified atom stereocenters. The van der Waals surface area contributed by atoms with Crippen LogP contribution in [0.25, 0.3) is 0 Å². The molecule has 0 saturated heterocycles. The van der Waals surface area contributed by atoms with Crippen LogP contribution in [0.15, 0.2) is 24.3 Å². The Morgan fingerprint density at radius 2 is 1.95 bits per heavy atom. The molecule has 1 rings (SSSR count). The minimum atomic E-state index is -0.766. The third-order valence-corrected chi connectivity index (χ3v) is 3.51. The van der Waals surface area contributed by atoms with E-state index in [1.165, 1.54) is 11.1 Å². The molecule has 0 spiro atoms. The Kier molecular flexibility index (Phi) is 8.01. The van der Waals surface area contributed by atoms with Gasteiger partial charge in [0, 0.05) is 19.8 Å². The second-order valence-electron chi connectivity index (χ2n) is 5.70. The molecule has 0 heterocycles. The lowest BCUT2D eigenvalue weighted by atomic mass is 9.98. The smallest absolute Gasteiger partial charge is 0.304 e. The maximum Gasteiger partial charge on any atom is 0.304 e. The van der Waals surface area contributed by atoms with Gasteiger partial charge in [0.15, 0.2) is 0 Å². The molecular weight excluding hydrogens is 266 g/mol. The van der Waals surface area contributed by atoms with Crippen molar-refractivity contribution in [2.45, 2.75) is 45.1 Å². The summed E-state index contributed by atoms with van der Waals surface area (Å²) in [5.74, 6) is -0.251. The van der Waals surface area contributed by atoms with E-state index >= 15 is 0 Å². The predicted octanol–water partition coefficient (Wildman–Crippen LogP) is 2.82. The third-order valence-electron chi connectivity index (χ3n) is 3.51. The Morgan fingerprint density at radius 3 is 2.48 bits per heavy atom. The van der Waals surface area contributed by atoms with Gasteiger partial charge in [-0.25, -0.2) is 0 Å². The summed E-state index contributed by atoms with van der Waals surface area (Å²) in [4.78, 5) is 11.0. The zero-order valence-corrected chi connectivity index (χ0v) is 13.3. The number of hydrogen-bond acceptors (Lipinski definition) is 3. The molecule has 2 N–H and O–H groups in total. The maximum absolute atomic E-state index is 11.0. The first-order valence-electron chi connectivity index (χ1n) is 7.56. The molecule has 0 amide bonds. The number of methoxy groups -OCH3 is 1. The molecule has 4 nitrogen and oxygen atoms in total. The van der Waals surface area contributed by atoms with Crippen molar-refractivity contribution in [2.75, 3.05) is 20.3 Å². The first-order valence-corrected chi connectivity index (χ1v) is 7.56. The monoisotopic (exact) mass is 293 g/mol. The summed E-state index contributed by atoms with van der Waals surface area (Å²) in [6, 6.07) is 8.41. The molecule has 1 aromatic rings. The lowest BCUT2D eigenvalue weighted by Gasteiger charge is -2.17. The minimum absolute atomic E-state index is 0.0377. The van der Waals surface area contributed by atoms with Gasteiger partial charge in [-0.15, -0.1) is 0 Å². The Hall–Kier alpha value is -1.39. The lowest BCUT2D eigenvalue weighted by molar-refractivity contribution is -0.137. The van der Waals surface area contributed by atoms with E-state index in [4.69, 9.17) is 9.84 Å². The van der Waals surface area contributed by atoms with Gasteiger partial charge in [-0.05, 0) is 36.4 Å². The second-order valence-corrected chi connectivity index (χ2v) is 5.70. The third kappa shape index (κ3) is 7.25. The van der Waals surface area contributed by atoms with Gasteiger partial charge in [0.05, 0.1) is 6.42 Å². The van der Waals surface area contributed by atoms with Crippen molar-refractivity contribution in [1.82, 2.24) is 5.32 Å². The first kappa shape index (κ1) is 17.7. The summed E-state index contributed by atoms with van der Waals surface area (Å²) in [6.07, 6.45) is 1.76. The van der Waals surface area contributed by atoms with Crippen molar-refractivity contribution in [3.05, 3.63) is 35.4 Å². The highest BCUT2D eigenvalue weighted by Gasteiger charge is 2.13. The number of carboxylic acid groups (broad SMARTS) is 1. The van der Waals surface area contributed by atoms with E-state index in [-0.39, 0.29) is 12.5 Å². The molecule has 0 saturated carbocycles. The molecule has 0 aliphatic heterocycles. The topological polar surface area (TPSA) is 58.6 Å². The van der Waals surface area contributed by atoms with Crippen molar-refractivity contribution < 1.29 is 14.6 Å². The van der Waals surface area contributed by atoms with Crippen molar-refractivity contribution in [3.63, 3.8) is 0 Å². The van der Waals surface area contributed by atoms with Crippen molar-refractivity contribution in [2.24, 2.45) is 0 Å². The van der Waals surface area contributed by atoms with Gasteiger partial charge in [0.1, 0.15) is 0 Å². The summed E-state index contributed by atoms with van der Waals surface area (Å²) < 4.78 is 5.00. The molecule has 0 radical (unpaired) electrons. The average molecular weight is 293 g/mol. The van der Waals surface area contributed by atoms with Crippen LogP contribution >= 0.6 is 0 Å². The van der Waals surface area contributed by atoms with Crippen LogP contribution in [-0.4, -0.2) is 37.4 Å². The first-order chi connectivity index (χ1) is 10.0. The van der Waals surface area contributed by atoms with Crippen LogP contribution < -0.4 is 5.32 Å². The fourth-order valence-corrected chi connectivity index (χ4v) is 2.27. The summed E-state index contributed by atoms with van der Waals surface area (Å²) in [5, 5.41) is 12.3. The predicted molar refractivity (Wildman–Crippen MR) is 84.8 cm³/mol. The number of rotatable bonds is 10. The highest BCUT2D eigenvalue weighted by atomic mass is 16.5. The normalized spacial score (nSPS) is 12.6. The zero-order valence-electron chi connectivity index (χ0n) is 13.3. The summed E-state index contributed by atoms with van der Waals surface area (Å²) in [6.45, 7) is 5.80. The molecule has 4 heteroatoms. The number of hydrogen-bond donors (Lipinski definition) is 2. The maximum atomic E-state index is 11.0. The molecule has 21 heavy (non-hydrogen) atoms. The van der Waals surface area contributed by atoms with Crippen LogP contribution in [0, 0.1) is 0 Å². The number of carbonyl (C=O) groups is 1. The number of nitrogens with one attached hydrogen (secondary N) is 1. The zero-order chi connectivity index (χ0) is 15.7. The van der Waals surface area contributed by atoms with E-state index in [1.807, 2.05) is 0 Å². The fraction of sp³-hybridized carbons (Fsp3) is 0.588. The molecule has 0 aliphatic rings. The molecule has 1 atom stereocenters. The van der Waals surface area contributed by atoms with E-state index in [1.54, 1.807) is 7.11 Å². The van der Waals surface area contributed by atoms with E-state index in [9.17, 15) is 4.79 Å². The Balaban J connectivity index is 2.55. The molecule has 0 fully saturated rings. The Bertz CT molecular complexity index is 415. The quantitative estimate of drug-likeness (QED) is 0.651. The Morgan fingerprint density at radius 1 is 1.29 bits per heavy atom. The van der Waals surface area contributed by atoms with Crippen LogP contribution in [0.4, 0.5) is 0 Å². The van der Waals surface area contributed by atoms with E-state index in [0.29, 0.717) is 12.5 Å². The van der Waals surface area contributed by atoms with Gasteiger partial charge in [-0.1, -0.05) is 38.1 Å². The number of benzene rings is 1. The van der Waals surface area contributed by atoms with Gasteiger partial charge in [0.25, 0.3) is 0 Å². The molecule has 0 aliphatic carbocycles. The standard InChI is InChI=1S/C17H27NO3/c1-13(2)15-7-5-14(6-8-15)11-16(12-17(19)20)18-9-4-10-21-3/h5-8,13,16,18H,4,9-12H2,1-3H3,(H,19,20). The highest BCUT2D eigenvalue weighted by molar-refractivity contribution is 5.67. The molecule has 0 bridgehead atoms. The molecule has 1 aromatic carbocycles. The number of carboxylic acids is 1. The Labute approximate surface area is 127 Å². The summed E-state index contributed by atoms with van der Waals surface area (Å²) in [7, 11) is 1.67. The summed E-state index contributed by atoms with van der Waals surface area (Å²) >= 11 is 0. The fourth-order valence-electron chi connectivity index (χ4n) is 2.27. The highest BCUT2D eigenvalue weighted by Crippen LogP contribution is 2.16. The van der Waals surface area contributed by atoms with Crippen LogP contribution in [0.5, 0.6) is 0 Å². The minimum Gasteiger partial charge on any atom is -0.481 e. The average Bonchev–Trinajstić information content (AvgIpc) is 2.43. The van der Waals surface area contributed by atoms with Gasteiger partial charge in [-0.3, -0.25) is 4.79 Å².